The fourth-order valence-electron chi connectivity index (χ4n) is 0.793. The van der Waals surface area contributed by atoms with Gasteiger partial charge in [-0.1, -0.05) is 11.6 Å². The van der Waals surface area contributed by atoms with E-state index in [1.165, 1.54) is 0 Å². The molecule has 0 aromatic heterocycles. The number of hydrogen-bond donors (Lipinski definition) is 2. The Kier molecular flexibility index (Phi) is 5.50. The van der Waals surface area contributed by atoms with Crippen LogP contribution in [0.1, 0.15) is 0 Å². The number of hydrogen-bond acceptors (Lipinski definition) is 3. The lowest BCUT2D eigenvalue weighted by molar-refractivity contribution is 1.29. The molecule has 1 aromatic rings. The minimum absolute atomic E-state index is 0. The van der Waals surface area contributed by atoms with Crippen molar-refractivity contribution < 1.29 is 0 Å². The van der Waals surface area contributed by atoms with Gasteiger partial charge in [-0.15, -0.1) is 24.2 Å². The second-order valence-corrected chi connectivity index (χ2v) is 3.27. The monoisotopic (exact) mass is 224 g/mol. The molecule has 0 spiro atoms. The van der Waals surface area contributed by atoms with Gasteiger partial charge in [-0.2, -0.15) is 0 Å². The lowest BCUT2D eigenvalue weighted by atomic mass is 10.3. The van der Waals surface area contributed by atoms with Crippen molar-refractivity contribution >= 4 is 41.5 Å². The van der Waals surface area contributed by atoms with E-state index in [2.05, 4.69) is 5.43 Å². The van der Waals surface area contributed by atoms with Gasteiger partial charge in [-0.3, -0.25) is 5.84 Å². The summed E-state index contributed by atoms with van der Waals surface area (Å²) in [6, 6.07) is 5.57. The van der Waals surface area contributed by atoms with Crippen molar-refractivity contribution in [1.82, 2.24) is 0 Å². The molecule has 0 amide bonds. The summed E-state index contributed by atoms with van der Waals surface area (Å²) in [6.07, 6.45) is 1.99. The van der Waals surface area contributed by atoms with Crippen molar-refractivity contribution in [2.24, 2.45) is 5.84 Å². The van der Waals surface area contributed by atoms with Crippen LogP contribution in [0, 0.1) is 0 Å². The van der Waals surface area contributed by atoms with Crippen LogP contribution in [-0.2, 0) is 0 Å². The number of benzene rings is 1. The molecule has 0 atom stereocenters. The number of nitrogens with two attached hydrogens (primary N) is 1. The summed E-state index contributed by atoms with van der Waals surface area (Å²) in [6.45, 7) is 0. The third-order valence-corrected chi connectivity index (χ3v) is 2.35. The molecule has 12 heavy (non-hydrogen) atoms. The third-order valence-electron chi connectivity index (χ3n) is 1.32. The molecule has 0 aliphatic rings. The van der Waals surface area contributed by atoms with Gasteiger partial charge in [0.25, 0.3) is 0 Å². The molecule has 0 bridgehead atoms. The molecule has 5 heteroatoms. The molecule has 0 unspecified atom stereocenters. The molecule has 0 aliphatic heterocycles. The Morgan fingerprint density at radius 3 is 2.67 bits per heavy atom. The Morgan fingerprint density at radius 1 is 1.50 bits per heavy atom. The molecular formula is C7H10Cl2N2S. The first-order chi connectivity index (χ1) is 5.27. The maximum atomic E-state index is 5.75. The summed E-state index contributed by atoms with van der Waals surface area (Å²) in [7, 11) is 0. The van der Waals surface area contributed by atoms with Crippen molar-refractivity contribution in [3.8, 4) is 0 Å². The van der Waals surface area contributed by atoms with Crippen molar-refractivity contribution in [2.45, 2.75) is 4.90 Å². The van der Waals surface area contributed by atoms with Gasteiger partial charge in [0.15, 0.2) is 0 Å². The molecular weight excluding hydrogens is 215 g/mol. The zero-order valence-corrected chi connectivity index (χ0v) is 8.89. The molecule has 1 rings (SSSR count). The van der Waals surface area contributed by atoms with Gasteiger partial charge >= 0.3 is 0 Å². The van der Waals surface area contributed by atoms with Crippen molar-refractivity contribution in [1.29, 1.82) is 0 Å². The average Bonchev–Trinajstić information content (AvgIpc) is 2.04. The van der Waals surface area contributed by atoms with Crippen LogP contribution in [0.4, 0.5) is 5.69 Å². The Labute approximate surface area is 87.2 Å². The molecule has 0 fully saturated rings. The number of hydrazine groups is 1. The van der Waals surface area contributed by atoms with Crippen LogP contribution in [-0.4, -0.2) is 6.26 Å². The smallest absolute Gasteiger partial charge is 0.0635 e. The number of nitrogen functional groups attached to an aromatic ring is 1. The number of halogens is 2. The van der Waals surface area contributed by atoms with Crippen LogP contribution in [0.15, 0.2) is 23.1 Å². The quantitative estimate of drug-likeness (QED) is 0.461. The number of rotatable bonds is 2. The summed E-state index contributed by atoms with van der Waals surface area (Å²) in [5.41, 5.74) is 3.45. The predicted molar refractivity (Wildman–Crippen MR) is 58.3 cm³/mol. The lowest BCUT2D eigenvalue weighted by Crippen LogP contribution is -2.07. The van der Waals surface area contributed by atoms with Crippen LogP contribution in [0.5, 0.6) is 0 Å². The van der Waals surface area contributed by atoms with Crippen LogP contribution in [0.3, 0.4) is 0 Å². The summed E-state index contributed by atoms with van der Waals surface area (Å²) in [5, 5.41) is 0.691. The zero-order valence-electron chi connectivity index (χ0n) is 6.50. The maximum Gasteiger partial charge on any atom is 0.0635 e. The molecule has 1 aromatic carbocycles. The predicted octanol–water partition coefficient (Wildman–Crippen LogP) is 2.77. The lowest BCUT2D eigenvalue weighted by Gasteiger charge is -2.05. The van der Waals surface area contributed by atoms with Gasteiger partial charge in [0.2, 0.25) is 0 Å². The molecule has 68 valence electrons. The second kappa shape index (κ2) is 5.54. The van der Waals surface area contributed by atoms with Gasteiger partial charge < -0.3 is 5.43 Å². The topological polar surface area (TPSA) is 38.0 Å². The summed E-state index contributed by atoms with van der Waals surface area (Å²) < 4.78 is 0. The van der Waals surface area contributed by atoms with E-state index >= 15 is 0 Å². The van der Waals surface area contributed by atoms with Gasteiger partial charge in [0, 0.05) is 9.92 Å². The van der Waals surface area contributed by atoms with Gasteiger partial charge in [-0.05, 0) is 24.5 Å². The van der Waals surface area contributed by atoms with E-state index in [4.69, 9.17) is 17.4 Å². The van der Waals surface area contributed by atoms with E-state index in [1.807, 2.05) is 18.4 Å². The fourth-order valence-corrected chi connectivity index (χ4v) is 1.51. The molecule has 0 saturated heterocycles. The first-order valence-corrected chi connectivity index (χ1v) is 4.68. The second-order valence-electron chi connectivity index (χ2n) is 1.99. The van der Waals surface area contributed by atoms with Crippen LogP contribution in [0.2, 0.25) is 5.02 Å². The molecule has 0 aliphatic carbocycles. The van der Waals surface area contributed by atoms with Crippen LogP contribution in [0.25, 0.3) is 0 Å². The number of anilines is 1. The summed E-state index contributed by atoms with van der Waals surface area (Å²) in [4.78, 5) is 1.09. The highest BCUT2D eigenvalue weighted by Crippen LogP contribution is 2.27. The maximum absolute atomic E-state index is 5.75. The fraction of sp³-hybridized carbons (Fsp3) is 0.143. The molecule has 2 nitrogen and oxygen atoms in total. The standard InChI is InChI=1S/C7H9ClN2S.ClH/c1-11-7-3-2-5(8)4-6(7)10-9;/h2-4,10H,9H2,1H3;1H. The van der Waals surface area contributed by atoms with Gasteiger partial charge in [-0.25, -0.2) is 0 Å². The first kappa shape index (κ1) is 11.9. The Balaban J connectivity index is 0.00000121. The SMILES string of the molecule is CSc1ccc(Cl)cc1NN.Cl. The van der Waals surface area contributed by atoms with E-state index < -0.39 is 0 Å². The average molecular weight is 225 g/mol. The highest BCUT2D eigenvalue weighted by atomic mass is 35.5. The van der Waals surface area contributed by atoms with Crippen molar-refractivity contribution in [3.63, 3.8) is 0 Å². The van der Waals surface area contributed by atoms with Gasteiger partial charge in [0.1, 0.15) is 0 Å². The molecule has 0 saturated carbocycles. The van der Waals surface area contributed by atoms with Crippen LogP contribution < -0.4 is 11.3 Å². The van der Waals surface area contributed by atoms with E-state index in [0.717, 1.165) is 10.6 Å². The van der Waals surface area contributed by atoms with Gasteiger partial charge in [0.05, 0.1) is 5.69 Å². The largest absolute Gasteiger partial charge is 0.323 e. The summed E-state index contributed by atoms with van der Waals surface area (Å²) >= 11 is 7.38. The Bertz CT molecular complexity index is 255. The summed E-state index contributed by atoms with van der Waals surface area (Å²) in [5.74, 6) is 5.27. The van der Waals surface area contributed by atoms with E-state index in [-0.39, 0.29) is 12.4 Å². The first-order valence-electron chi connectivity index (χ1n) is 3.08. The minimum Gasteiger partial charge on any atom is -0.323 e. The molecule has 0 radical (unpaired) electrons. The Hall–Kier alpha value is -0.0900. The number of nitrogens with one attached hydrogen (secondary N) is 1. The van der Waals surface area contributed by atoms with E-state index in [9.17, 15) is 0 Å². The van der Waals surface area contributed by atoms with Crippen LogP contribution >= 0.6 is 35.8 Å². The minimum atomic E-state index is 0. The van der Waals surface area contributed by atoms with E-state index in [1.54, 1.807) is 17.8 Å². The molecule has 3 N–H and O–H groups in total. The highest BCUT2D eigenvalue weighted by molar-refractivity contribution is 7.98. The number of thioether (sulfide) groups is 1. The third kappa shape index (κ3) is 2.75. The zero-order chi connectivity index (χ0) is 8.27. The normalized spacial score (nSPS) is 8.92. The molecule has 0 heterocycles. The van der Waals surface area contributed by atoms with E-state index in [0.29, 0.717) is 5.02 Å². The Morgan fingerprint density at radius 2 is 2.17 bits per heavy atom. The van der Waals surface area contributed by atoms with Crippen molar-refractivity contribution in [3.05, 3.63) is 23.2 Å². The highest BCUT2D eigenvalue weighted by Gasteiger charge is 1.98. The van der Waals surface area contributed by atoms with Crippen molar-refractivity contribution in [2.75, 3.05) is 11.7 Å².